The minimum Gasteiger partial charge on any atom is -0.378 e. The first-order valence-electron chi connectivity index (χ1n) is 7.94. The first-order valence-corrected chi connectivity index (χ1v) is 8.31. The standard InChI is InChI=1S/C20H20ClN/c1-12-10-13(2)19-14-7-5-8-15(14)20(22-18(19)11-12)16-6-3-4-9-17(16)21/h3-7,9-11,14-15,20,22H,8H2,1-2H3. The van der Waals surface area contributed by atoms with Gasteiger partial charge < -0.3 is 5.32 Å². The van der Waals surface area contributed by atoms with Gasteiger partial charge in [-0.25, -0.2) is 0 Å². The molecule has 1 nitrogen and oxygen atoms in total. The fraction of sp³-hybridized carbons (Fsp3) is 0.300. The lowest BCUT2D eigenvalue weighted by Crippen LogP contribution is -2.29. The van der Waals surface area contributed by atoms with E-state index in [2.05, 4.69) is 55.6 Å². The van der Waals surface area contributed by atoms with Crippen molar-refractivity contribution in [2.45, 2.75) is 32.2 Å². The van der Waals surface area contributed by atoms with Gasteiger partial charge in [-0.3, -0.25) is 0 Å². The summed E-state index contributed by atoms with van der Waals surface area (Å²) in [5.41, 5.74) is 6.65. The van der Waals surface area contributed by atoms with Gasteiger partial charge >= 0.3 is 0 Å². The number of hydrogen-bond donors (Lipinski definition) is 1. The monoisotopic (exact) mass is 309 g/mol. The van der Waals surface area contributed by atoms with Crippen LogP contribution < -0.4 is 5.32 Å². The van der Waals surface area contributed by atoms with Crippen LogP contribution in [0.5, 0.6) is 0 Å². The molecule has 2 aliphatic rings. The topological polar surface area (TPSA) is 12.0 Å². The molecule has 0 amide bonds. The van der Waals surface area contributed by atoms with Crippen molar-refractivity contribution in [2.75, 3.05) is 5.32 Å². The average Bonchev–Trinajstić information content (AvgIpc) is 2.95. The van der Waals surface area contributed by atoms with Gasteiger partial charge in [0.15, 0.2) is 0 Å². The Labute approximate surface area is 137 Å². The summed E-state index contributed by atoms with van der Waals surface area (Å²) in [7, 11) is 0. The molecule has 0 saturated carbocycles. The summed E-state index contributed by atoms with van der Waals surface area (Å²) >= 11 is 6.48. The van der Waals surface area contributed by atoms with Gasteiger partial charge in [0.2, 0.25) is 0 Å². The van der Waals surface area contributed by atoms with Crippen LogP contribution in [0.25, 0.3) is 0 Å². The van der Waals surface area contributed by atoms with Crippen molar-refractivity contribution in [2.24, 2.45) is 5.92 Å². The highest BCUT2D eigenvalue weighted by atomic mass is 35.5. The van der Waals surface area contributed by atoms with Crippen molar-refractivity contribution in [1.29, 1.82) is 0 Å². The molecule has 1 heterocycles. The van der Waals surface area contributed by atoms with Crippen LogP contribution in [0.15, 0.2) is 48.6 Å². The molecular formula is C20H20ClN. The molecule has 2 aromatic carbocycles. The molecule has 2 aromatic rings. The molecule has 0 bridgehead atoms. The molecular weight excluding hydrogens is 290 g/mol. The quantitative estimate of drug-likeness (QED) is 0.658. The predicted molar refractivity (Wildman–Crippen MR) is 93.7 cm³/mol. The summed E-state index contributed by atoms with van der Waals surface area (Å²) in [6.07, 6.45) is 5.83. The van der Waals surface area contributed by atoms with Gasteiger partial charge in [-0.2, -0.15) is 0 Å². The smallest absolute Gasteiger partial charge is 0.0568 e. The number of allylic oxidation sites excluding steroid dienone is 2. The van der Waals surface area contributed by atoms with Gasteiger partial charge in [-0.05, 0) is 60.6 Å². The number of benzene rings is 2. The zero-order chi connectivity index (χ0) is 15.3. The second-order valence-corrected chi connectivity index (χ2v) is 6.95. The van der Waals surface area contributed by atoms with E-state index in [4.69, 9.17) is 11.6 Å². The summed E-state index contributed by atoms with van der Waals surface area (Å²) in [5, 5.41) is 4.64. The molecule has 0 spiro atoms. The van der Waals surface area contributed by atoms with Crippen molar-refractivity contribution in [3.63, 3.8) is 0 Å². The number of aryl methyl sites for hydroxylation is 2. The van der Waals surface area contributed by atoms with E-state index in [1.54, 1.807) is 0 Å². The highest BCUT2D eigenvalue weighted by molar-refractivity contribution is 6.31. The third-order valence-corrected chi connectivity index (χ3v) is 5.40. The molecule has 1 N–H and O–H groups in total. The van der Waals surface area contributed by atoms with Gasteiger partial charge in [-0.15, -0.1) is 0 Å². The van der Waals surface area contributed by atoms with E-state index in [-0.39, 0.29) is 6.04 Å². The van der Waals surface area contributed by atoms with Crippen molar-refractivity contribution < 1.29 is 0 Å². The predicted octanol–water partition coefficient (Wildman–Crippen LogP) is 5.78. The van der Waals surface area contributed by atoms with E-state index in [0.29, 0.717) is 11.8 Å². The molecule has 22 heavy (non-hydrogen) atoms. The molecule has 0 radical (unpaired) electrons. The number of halogens is 1. The second kappa shape index (κ2) is 5.17. The Kier molecular flexibility index (Phi) is 3.27. The third-order valence-electron chi connectivity index (χ3n) is 5.06. The first kappa shape index (κ1) is 13.9. The van der Waals surface area contributed by atoms with E-state index in [9.17, 15) is 0 Å². The van der Waals surface area contributed by atoms with Gasteiger partial charge in [0.1, 0.15) is 0 Å². The Morgan fingerprint density at radius 1 is 1.14 bits per heavy atom. The maximum Gasteiger partial charge on any atom is 0.0568 e. The zero-order valence-corrected chi connectivity index (χ0v) is 13.7. The summed E-state index contributed by atoms with van der Waals surface area (Å²) in [6.45, 7) is 4.39. The number of nitrogens with one attached hydrogen (secondary N) is 1. The van der Waals surface area contributed by atoms with Crippen LogP contribution >= 0.6 is 11.6 Å². The largest absolute Gasteiger partial charge is 0.378 e. The van der Waals surface area contributed by atoms with E-state index < -0.39 is 0 Å². The maximum atomic E-state index is 6.48. The van der Waals surface area contributed by atoms with Crippen molar-refractivity contribution >= 4 is 17.3 Å². The van der Waals surface area contributed by atoms with Crippen LogP contribution in [0.1, 0.15) is 40.6 Å². The molecule has 2 heteroatoms. The first-order chi connectivity index (χ1) is 10.6. The Hall–Kier alpha value is -1.73. The highest BCUT2D eigenvalue weighted by Gasteiger charge is 2.39. The van der Waals surface area contributed by atoms with E-state index >= 15 is 0 Å². The van der Waals surface area contributed by atoms with Crippen LogP contribution in [0.2, 0.25) is 5.02 Å². The Bertz CT molecular complexity index is 762. The van der Waals surface area contributed by atoms with Crippen LogP contribution in [0, 0.1) is 19.8 Å². The van der Waals surface area contributed by atoms with Crippen molar-refractivity contribution in [3.05, 3.63) is 75.8 Å². The van der Waals surface area contributed by atoms with Crippen LogP contribution in [0.3, 0.4) is 0 Å². The highest BCUT2D eigenvalue weighted by Crippen LogP contribution is 2.51. The summed E-state index contributed by atoms with van der Waals surface area (Å²) in [6, 6.07) is 13.1. The summed E-state index contributed by atoms with van der Waals surface area (Å²) in [4.78, 5) is 0. The summed E-state index contributed by atoms with van der Waals surface area (Å²) in [5.74, 6) is 1.05. The molecule has 1 aliphatic carbocycles. The lowest BCUT2D eigenvalue weighted by Gasteiger charge is -2.39. The molecule has 0 saturated heterocycles. The van der Waals surface area contributed by atoms with Crippen LogP contribution in [-0.2, 0) is 0 Å². The third kappa shape index (κ3) is 2.07. The number of hydrogen-bond acceptors (Lipinski definition) is 1. The lowest BCUT2D eigenvalue weighted by molar-refractivity contribution is 0.424. The molecule has 4 rings (SSSR count). The van der Waals surface area contributed by atoms with Crippen molar-refractivity contribution in [1.82, 2.24) is 0 Å². The normalized spacial score (nSPS) is 25.5. The van der Waals surface area contributed by atoms with Crippen LogP contribution in [0.4, 0.5) is 5.69 Å². The second-order valence-electron chi connectivity index (χ2n) is 6.54. The molecule has 3 unspecified atom stereocenters. The van der Waals surface area contributed by atoms with E-state index in [0.717, 1.165) is 11.4 Å². The number of rotatable bonds is 1. The zero-order valence-electron chi connectivity index (χ0n) is 12.9. The van der Waals surface area contributed by atoms with Gasteiger partial charge in [0.25, 0.3) is 0 Å². The molecule has 112 valence electrons. The Morgan fingerprint density at radius 2 is 1.95 bits per heavy atom. The minimum absolute atomic E-state index is 0.280. The Morgan fingerprint density at radius 3 is 2.77 bits per heavy atom. The molecule has 0 aromatic heterocycles. The van der Waals surface area contributed by atoms with Crippen molar-refractivity contribution in [3.8, 4) is 0 Å². The van der Waals surface area contributed by atoms with Crippen LogP contribution in [-0.4, -0.2) is 0 Å². The maximum absolute atomic E-state index is 6.48. The molecule has 1 aliphatic heterocycles. The molecule has 0 fully saturated rings. The Balaban J connectivity index is 1.86. The van der Waals surface area contributed by atoms with Gasteiger partial charge in [0, 0.05) is 16.6 Å². The van der Waals surface area contributed by atoms with Gasteiger partial charge in [-0.1, -0.05) is 48.0 Å². The lowest BCUT2D eigenvalue weighted by atomic mass is 9.75. The minimum atomic E-state index is 0.280. The number of anilines is 1. The number of fused-ring (bicyclic) bond motifs is 3. The summed E-state index contributed by atoms with van der Waals surface area (Å²) < 4.78 is 0. The average molecular weight is 310 g/mol. The fourth-order valence-electron chi connectivity index (χ4n) is 4.18. The van der Waals surface area contributed by atoms with E-state index in [1.807, 2.05) is 12.1 Å². The van der Waals surface area contributed by atoms with E-state index in [1.165, 1.54) is 27.9 Å². The fourth-order valence-corrected chi connectivity index (χ4v) is 4.43. The molecule has 3 atom stereocenters. The van der Waals surface area contributed by atoms with Gasteiger partial charge in [0.05, 0.1) is 6.04 Å². The SMILES string of the molecule is Cc1cc(C)c2c(c1)NC(c1ccccc1Cl)C1CC=CC21.